The van der Waals surface area contributed by atoms with Gasteiger partial charge in [0, 0.05) is 6.04 Å². The highest BCUT2D eigenvalue weighted by Crippen LogP contribution is 2.08. The molecule has 0 saturated carbocycles. The van der Waals surface area contributed by atoms with E-state index in [2.05, 4.69) is 29.1 Å². The molecule has 0 aliphatic rings. The average Bonchev–Trinajstić information content (AvgIpc) is 2.36. The lowest BCUT2D eigenvalue weighted by atomic mass is 10.1. The van der Waals surface area contributed by atoms with Crippen molar-refractivity contribution >= 4 is 17.5 Å². The number of nitrogens with one attached hydrogen (secondary N) is 1. The van der Waals surface area contributed by atoms with Crippen molar-refractivity contribution in [3.63, 3.8) is 0 Å². The Kier molecular flexibility index (Phi) is 6.65. The number of hydrogen-bond acceptors (Lipinski definition) is 3. The Balaban J connectivity index is 2.59. The van der Waals surface area contributed by atoms with E-state index in [1.807, 2.05) is 0 Å². The second-order valence-corrected chi connectivity index (χ2v) is 4.72. The maximum Gasteiger partial charge on any atom is 0.271 e. The molecule has 1 heterocycles. The van der Waals surface area contributed by atoms with Gasteiger partial charge in [0.25, 0.3) is 5.91 Å². The monoisotopic (exact) mass is 269 g/mol. The third-order valence-corrected chi connectivity index (χ3v) is 2.90. The van der Waals surface area contributed by atoms with Gasteiger partial charge in [-0.25, -0.2) is 4.98 Å². The number of aromatic nitrogens is 2. The molecule has 1 aromatic heterocycles. The average molecular weight is 270 g/mol. The Morgan fingerprint density at radius 3 is 2.72 bits per heavy atom. The van der Waals surface area contributed by atoms with E-state index in [-0.39, 0.29) is 22.8 Å². The van der Waals surface area contributed by atoms with Crippen molar-refractivity contribution in [2.75, 3.05) is 0 Å². The number of unbranched alkanes of at least 4 members (excludes halogenated alkanes) is 1. The van der Waals surface area contributed by atoms with Crippen molar-refractivity contribution in [2.45, 2.75) is 52.0 Å². The molecule has 0 spiro atoms. The molecule has 1 aromatic rings. The second kappa shape index (κ2) is 8.03. The van der Waals surface area contributed by atoms with Crippen molar-refractivity contribution < 1.29 is 4.79 Å². The lowest BCUT2D eigenvalue weighted by Crippen LogP contribution is -2.35. The summed E-state index contributed by atoms with van der Waals surface area (Å²) in [5, 5.41) is 3.24. The highest BCUT2D eigenvalue weighted by molar-refractivity contribution is 6.29. The van der Waals surface area contributed by atoms with E-state index in [1.54, 1.807) is 0 Å². The predicted molar refractivity (Wildman–Crippen MR) is 72.7 cm³/mol. The number of halogens is 1. The molecule has 1 atom stereocenters. The molecule has 0 fully saturated rings. The number of nitrogens with zero attached hydrogens (tertiary/aromatic N) is 2. The predicted octanol–water partition coefficient (Wildman–Crippen LogP) is 3.22. The van der Waals surface area contributed by atoms with E-state index in [9.17, 15) is 4.79 Å². The van der Waals surface area contributed by atoms with Crippen LogP contribution < -0.4 is 5.32 Å². The normalized spacial score (nSPS) is 12.2. The van der Waals surface area contributed by atoms with Crippen LogP contribution in [0.5, 0.6) is 0 Å². The summed E-state index contributed by atoms with van der Waals surface area (Å²) in [6, 6.07) is 0.211. The number of rotatable bonds is 7. The van der Waals surface area contributed by atoms with Crippen LogP contribution in [0.25, 0.3) is 0 Å². The van der Waals surface area contributed by atoms with Crippen LogP contribution in [0.3, 0.4) is 0 Å². The molecule has 1 N–H and O–H groups in total. The quantitative estimate of drug-likeness (QED) is 0.827. The number of hydrogen-bond donors (Lipinski definition) is 1. The molecule has 1 unspecified atom stereocenters. The van der Waals surface area contributed by atoms with E-state index in [0.29, 0.717) is 0 Å². The standard InChI is InChI=1S/C13H20ClN3O/c1-3-5-7-10(6-4-2)16-13(18)11-8-15-9-12(14)17-11/h8-10H,3-7H2,1-2H3,(H,16,18). The van der Waals surface area contributed by atoms with E-state index in [0.717, 1.165) is 32.1 Å². The maximum absolute atomic E-state index is 12.0. The van der Waals surface area contributed by atoms with Gasteiger partial charge in [0.15, 0.2) is 0 Å². The number of amides is 1. The first kappa shape index (κ1) is 14.9. The van der Waals surface area contributed by atoms with E-state index in [1.165, 1.54) is 12.4 Å². The molecule has 4 nitrogen and oxygen atoms in total. The molecule has 0 aliphatic carbocycles. The summed E-state index contributed by atoms with van der Waals surface area (Å²) >= 11 is 5.72. The molecular weight excluding hydrogens is 250 g/mol. The van der Waals surface area contributed by atoms with Crippen molar-refractivity contribution in [2.24, 2.45) is 0 Å². The highest BCUT2D eigenvalue weighted by atomic mass is 35.5. The summed E-state index contributed by atoms with van der Waals surface area (Å²) < 4.78 is 0. The molecule has 0 saturated heterocycles. The van der Waals surface area contributed by atoms with E-state index >= 15 is 0 Å². The van der Waals surface area contributed by atoms with Crippen molar-refractivity contribution in [1.29, 1.82) is 0 Å². The Bertz CT molecular complexity index is 384. The first-order valence-corrected chi connectivity index (χ1v) is 6.83. The zero-order valence-electron chi connectivity index (χ0n) is 10.9. The van der Waals surface area contributed by atoms with E-state index in [4.69, 9.17) is 11.6 Å². The minimum absolute atomic E-state index is 0.195. The van der Waals surface area contributed by atoms with E-state index < -0.39 is 0 Å². The highest BCUT2D eigenvalue weighted by Gasteiger charge is 2.14. The van der Waals surface area contributed by atoms with Crippen molar-refractivity contribution in [3.8, 4) is 0 Å². The Labute approximate surface area is 113 Å². The van der Waals surface area contributed by atoms with Gasteiger partial charge in [-0.1, -0.05) is 44.7 Å². The van der Waals surface area contributed by atoms with Gasteiger partial charge < -0.3 is 5.32 Å². The van der Waals surface area contributed by atoms with Gasteiger partial charge >= 0.3 is 0 Å². The lowest BCUT2D eigenvalue weighted by Gasteiger charge is -2.17. The van der Waals surface area contributed by atoms with Crippen LogP contribution in [0, 0.1) is 0 Å². The van der Waals surface area contributed by atoms with Gasteiger partial charge in [-0.3, -0.25) is 9.78 Å². The minimum Gasteiger partial charge on any atom is -0.348 e. The second-order valence-electron chi connectivity index (χ2n) is 4.33. The molecule has 100 valence electrons. The Morgan fingerprint density at radius 2 is 2.11 bits per heavy atom. The van der Waals surface area contributed by atoms with Gasteiger partial charge in [0.05, 0.1) is 12.4 Å². The molecule has 0 aromatic carbocycles. The van der Waals surface area contributed by atoms with Crippen molar-refractivity contribution in [1.82, 2.24) is 15.3 Å². The summed E-state index contributed by atoms with van der Waals surface area (Å²) in [6.07, 6.45) is 8.14. The topological polar surface area (TPSA) is 54.9 Å². The fraction of sp³-hybridized carbons (Fsp3) is 0.615. The maximum atomic E-state index is 12.0. The molecule has 0 bridgehead atoms. The molecule has 0 aliphatic heterocycles. The van der Waals surface area contributed by atoms with Crippen LogP contribution in [-0.2, 0) is 0 Å². The number of carbonyl (C=O) groups is 1. The van der Waals surface area contributed by atoms with Gasteiger partial charge in [-0.2, -0.15) is 0 Å². The van der Waals surface area contributed by atoms with Crippen LogP contribution in [0.15, 0.2) is 12.4 Å². The molecular formula is C13H20ClN3O. The zero-order chi connectivity index (χ0) is 13.4. The summed E-state index contributed by atoms with van der Waals surface area (Å²) in [7, 11) is 0. The van der Waals surface area contributed by atoms with Crippen molar-refractivity contribution in [3.05, 3.63) is 23.2 Å². The summed E-state index contributed by atoms with van der Waals surface area (Å²) in [4.78, 5) is 19.8. The fourth-order valence-electron chi connectivity index (χ4n) is 1.80. The smallest absolute Gasteiger partial charge is 0.271 e. The third-order valence-electron chi connectivity index (χ3n) is 2.72. The zero-order valence-corrected chi connectivity index (χ0v) is 11.7. The SMILES string of the molecule is CCCCC(CCC)NC(=O)c1cncc(Cl)n1. The largest absolute Gasteiger partial charge is 0.348 e. The van der Waals surface area contributed by atoms with Gasteiger partial charge in [0.2, 0.25) is 0 Å². The van der Waals surface area contributed by atoms with Crippen LogP contribution in [0.4, 0.5) is 0 Å². The first-order chi connectivity index (χ1) is 8.67. The minimum atomic E-state index is -0.195. The number of carbonyl (C=O) groups excluding carboxylic acids is 1. The van der Waals surface area contributed by atoms with Crippen LogP contribution >= 0.6 is 11.6 Å². The summed E-state index contributed by atoms with van der Waals surface area (Å²) in [5.74, 6) is -0.195. The van der Waals surface area contributed by atoms with Gasteiger partial charge in [0.1, 0.15) is 10.8 Å². The molecule has 18 heavy (non-hydrogen) atoms. The fourth-order valence-corrected chi connectivity index (χ4v) is 1.95. The van der Waals surface area contributed by atoms with Crippen LogP contribution in [-0.4, -0.2) is 21.9 Å². The van der Waals surface area contributed by atoms with Gasteiger partial charge in [-0.05, 0) is 12.8 Å². The molecule has 5 heteroatoms. The molecule has 1 rings (SSSR count). The summed E-state index contributed by atoms with van der Waals surface area (Å²) in [5.41, 5.74) is 0.278. The Morgan fingerprint density at radius 1 is 1.33 bits per heavy atom. The summed E-state index contributed by atoms with van der Waals surface area (Å²) in [6.45, 7) is 4.26. The third kappa shape index (κ3) is 5.00. The van der Waals surface area contributed by atoms with Crippen LogP contribution in [0.2, 0.25) is 5.15 Å². The lowest BCUT2D eigenvalue weighted by molar-refractivity contribution is 0.0926. The van der Waals surface area contributed by atoms with Gasteiger partial charge in [-0.15, -0.1) is 0 Å². The first-order valence-electron chi connectivity index (χ1n) is 6.45. The Hall–Kier alpha value is -1.16. The molecule has 1 amide bonds. The molecule has 0 radical (unpaired) electrons. The van der Waals surface area contributed by atoms with Crippen LogP contribution in [0.1, 0.15) is 56.4 Å².